The molecule has 0 heterocycles. The maximum absolute atomic E-state index is 12.2. The lowest BCUT2D eigenvalue weighted by Gasteiger charge is -2.02. The van der Waals surface area contributed by atoms with Crippen molar-refractivity contribution in [3.05, 3.63) is 90.0 Å². The van der Waals surface area contributed by atoms with Crippen LogP contribution >= 0.6 is 0 Å². The minimum Gasteiger partial charge on any atom is -0.289 e. The van der Waals surface area contributed by atoms with Crippen LogP contribution in [0.4, 0.5) is 0 Å². The van der Waals surface area contributed by atoms with Gasteiger partial charge in [0, 0.05) is 5.56 Å². The first kappa shape index (κ1) is 13.0. The van der Waals surface area contributed by atoms with E-state index < -0.39 is 0 Å². The van der Waals surface area contributed by atoms with Crippen LogP contribution in [0.2, 0.25) is 0 Å². The molecule has 0 radical (unpaired) electrons. The zero-order chi connectivity index (χ0) is 13.5. The number of carbonyl (C=O) groups excluding carboxylic acids is 1. The van der Waals surface area contributed by atoms with Crippen molar-refractivity contribution in [1.82, 2.24) is 0 Å². The summed E-state index contributed by atoms with van der Waals surface area (Å²) in [7, 11) is 0. The monoisotopic (exact) mass is 248 g/mol. The minimum atomic E-state index is 0.0255. The molecule has 94 valence electrons. The fourth-order valence-corrected chi connectivity index (χ4v) is 1.86. The van der Waals surface area contributed by atoms with Crippen molar-refractivity contribution < 1.29 is 4.79 Å². The topological polar surface area (TPSA) is 17.1 Å². The van der Waals surface area contributed by atoms with Crippen molar-refractivity contribution >= 4 is 11.4 Å². The minimum absolute atomic E-state index is 0.0255. The van der Waals surface area contributed by atoms with E-state index in [1.807, 2.05) is 79.7 Å². The van der Waals surface area contributed by atoms with Gasteiger partial charge in [-0.15, -0.1) is 0 Å². The van der Waals surface area contributed by atoms with Gasteiger partial charge in [-0.1, -0.05) is 72.8 Å². The Bertz CT molecular complexity index is 592. The van der Waals surface area contributed by atoms with E-state index in [0.717, 1.165) is 11.1 Å². The van der Waals surface area contributed by atoms with E-state index in [2.05, 4.69) is 0 Å². The Morgan fingerprint density at radius 1 is 0.842 bits per heavy atom. The molecule has 2 rings (SSSR count). The Morgan fingerprint density at radius 3 is 1.89 bits per heavy atom. The molecular formula is C18H16O. The van der Waals surface area contributed by atoms with Crippen LogP contribution in [0.3, 0.4) is 0 Å². The van der Waals surface area contributed by atoms with Gasteiger partial charge in [0.05, 0.1) is 0 Å². The first-order chi connectivity index (χ1) is 9.31. The molecule has 0 N–H and O–H groups in total. The van der Waals surface area contributed by atoms with Crippen molar-refractivity contribution in [3.8, 4) is 0 Å². The number of ketones is 1. The molecule has 0 aliphatic carbocycles. The molecule has 0 aliphatic rings. The molecule has 0 unspecified atom stereocenters. The van der Waals surface area contributed by atoms with Crippen LogP contribution in [0, 0.1) is 0 Å². The third-order valence-electron chi connectivity index (χ3n) is 2.80. The number of hydrogen-bond acceptors (Lipinski definition) is 1. The lowest BCUT2D eigenvalue weighted by atomic mass is 10.0. The lowest BCUT2D eigenvalue weighted by Crippen LogP contribution is -1.95. The second kappa shape index (κ2) is 6.50. The van der Waals surface area contributed by atoms with Gasteiger partial charge in [0.1, 0.15) is 0 Å². The third kappa shape index (κ3) is 3.52. The number of rotatable bonds is 4. The Balaban J connectivity index is 2.35. The fourth-order valence-electron chi connectivity index (χ4n) is 1.86. The molecule has 1 nitrogen and oxygen atoms in total. The van der Waals surface area contributed by atoms with Crippen molar-refractivity contribution in [2.75, 3.05) is 0 Å². The summed E-state index contributed by atoms with van der Waals surface area (Å²) < 4.78 is 0. The van der Waals surface area contributed by atoms with Crippen molar-refractivity contribution in [3.63, 3.8) is 0 Å². The molecule has 0 fully saturated rings. The molecule has 2 aromatic carbocycles. The molecule has 0 atom stereocenters. The maximum Gasteiger partial charge on any atom is 0.186 e. The molecule has 1 heteroatoms. The van der Waals surface area contributed by atoms with E-state index in [9.17, 15) is 4.79 Å². The van der Waals surface area contributed by atoms with Gasteiger partial charge in [0.25, 0.3) is 0 Å². The van der Waals surface area contributed by atoms with Crippen LogP contribution in [-0.2, 0) is 0 Å². The standard InChI is InChI=1S/C18H16O/c1-2-9-17(15-10-5-3-6-11-15)14-18(19)16-12-7-4-8-13-16/h2-14H,1H3/b9-2+,17-14+. The summed E-state index contributed by atoms with van der Waals surface area (Å²) in [5.74, 6) is 0.0255. The highest BCUT2D eigenvalue weighted by atomic mass is 16.1. The van der Waals surface area contributed by atoms with Crippen LogP contribution in [0.1, 0.15) is 22.8 Å². The number of allylic oxidation sites excluding steroid dienone is 4. The molecule has 0 saturated heterocycles. The smallest absolute Gasteiger partial charge is 0.186 e. The van der Waals surface area contributed by atoms with E-state index in [4.69, 9.17) is 0 Å². The molecule has 19 heavy (non-hydrogen) atoms. The Morgan fingerprint density at radius 2 is 1.37 bits per heavy atom. The summed E-state index contributed by atoms with van der Waals surface area (Å²) in [6, 6.07) is 19.2. The first-order valence-corrected chi connectivity index (χ1v) is 6.30. The van der Waals surface area contributed by atoms with Crippen LogP contribution in [0.5, 0.6) is 0 Å². The molecule has 0 bridgehead atoms. The summed E-state index contributed by atoms with van der Waals surface area (Å²) in [6.07, 6.45) is 5.58. The van der Waals surface area contributed by atoms with Gasteiger partial charge in [-0.05, 0) is 24.1 Å². The predicted molar refractivity (Wildman–Crippen MR) is 80.0 cm³/mol. The van der Waals surface area contributed by atoms with E-state index in [1.165, 1.54) is 0 Å². The van der Waals surface area contributed by atoms with E-state index in [-0.39, 0.29) is 5.78 Å². The van der Waals surface area contributed by atoms with Gasteiger partial charge in [-0.2, -0.15) is 0 Å². The van der Waals surface area contributed by atoms with Gasteiger partial charge < -0.3 is 0 Å². The van der Waals surface area contributed by atoms with Gasteiger partial charge in [0.2, 0.25) is 0 Å². The van der Waals surface area contributed by atoms with Crippen molar-refractivity contribution in [2.45, 2.75) is 6.92 Å². The summed E-state index contributed by atoms with van der Waals surface area (Å²) in [5.41, 5.74) is 2.68. The maximum atomic E-state index is 12.2. The van der Waals surface area contributed by atoms with Gasteiger partial charge in [-0.3, -0.25) is 4.79 Å². The second-order valence-electron chi connectivity index (χ2n) is 4.20. The average molecular weight is 248 g/mol. The quantitative estimate of drug-likeness (QED) is 0.441. The fraction of sp³-hybridized carbons (Fsp3) is 0.0556. The van der Waals surface area contributed by atoms with Gasteiger partial charge in [0.15, 0.2) is 5.78 Å². The third-order valence-corrected chi connectivity index (χ3v) is 2.80. The molecular weight excluding hydrogens is 232 g/mol. The molecule has 0 spiro atoms. The molecule has 0 aliphatic heterocycles. The van der Waals surface area contributed by atoms with Crippen molar-refractivity contribution in [2.24, 2.45) is 0 Å². The van der Waals surface area contributed by atoms with Gasteiger partial charge >= 0.3 is 0 Å². The number of benzene rings is 2. The van der Waals surface area contributed by atoms with Crippen LogP contribution in [0.15, 0.2) is 78.9 Å². The van der Waals surface area contributed by atoms with E-state index in [1.54, 1.807) is 6.08 Å². The van der Waals surface area contributed by atoms with E-state index >= 15 is 0 Å². The predicted octanol–water partition coefficient (Wildman–Crippen LogP) is 4.53. The average Bonchev–Trinajstić information content (AvgIpc) is 2.48. The van der Waals surface area contributed by atoms with Crippen LogP contribution < -0.4 is 0 Å². The van der Waals surface area contributed by atoms with Crippen LogP contribution in [0.25, 0.3) is 5.57 Å². The van der Waals surface area contributed by atoms with E-state index in [0.29, 0.717) is 5.56 Å². The zero-order valence-corrected chi connectivity index (χ0v) is 10.9. The highest BCUT2D eigenvalue weighted by Gasteiger charge is 2.04. The Hall–Kier alpha value is -2.41. The Labute approximate surface area is 113 Å². The Kier molecular flexibility index (Phi) is 4.46. The summed E-state index contributed by atoms with van der Waals surface area (Å²) >= 11 is 0. The second-order valence-corrected chi connectivity index (χ2v) is 4.20. The first-order valence-electron chi connectivity index (χ1n) is 6.30. The van der Waals surface area contributed by atoms with Crippen LogP contribution in [-0.4, -0.2) is 5.78 Å². The molecule has 2 aromatic rings. The largest absolute Gasteiger partial charge is 0.289 e. The number of carbonyl (C=O) groups is 1. The SMILES string of the molecule is C/C=C/C(=C\C(=O)c1ccccc1)c1ccccc1. The zero-order valence-electron chi connectivity index (χ0n) is 10.9. The lowest BCUT2D eigenvalue weighted by molar-refractivity contribution is 0.104. The summed E-state index contributed by atoms with van der Waals surface area (Å²) in [5, 5.41) is 0. The number of hydrogen-bond donors (Lipinski definition) is 0. The molecule has 0 aromatic heterocycles. The normalized spacial score (nSPS) is 11.7. The molecule has 0 amide bonds. The van der Waals surface area contributed by atoms with Crippen molar-refractivity contribution in [1.29, 1.82) is 0 Å². The highest BCUT2D eigenvalue weighted by Crippen LogP contribution is 2.17. The van der Waals surface area contributed by atoms with Gasteiger partial charge in [-0.25, -0.2) is 0 Å². The summed E-state index contributed by atoms with van der Waals surface area (Å²) in [6.45, 7) is 1.95. The summed E-state index contributed by atoms with van der Waals surface area (Å²) in [4.78, 5) is 12.2. The highest BCUT2D eigenvalue weighted by molar-refractivity contribution is 6.09. The molecule has 0 saturated carbocycles.